The topological polar surface area (TPSA) is 118 Å². The van der Waals surface area contributed by atoms with Gasteiger partial charge in [-0.3, -0.25) is 9.00 Å². The summed E-state index contributed by atoms with van der Waals surface area (Å²) in [5.74, 6) is 0.576. The van der Waals surface area contributed by atoms with Gasteiger partial charge in [0.05, 0.1) is 66.1 Å². The minimum absolute atomic E-state index is 0.0301. The van der Waals surface area contributed by atoms with E-state index in [1.54, 1.807) is 12.5 Å². The quantitative estimate of drug-likeness (QED) is 0.161. The van der Waals surface area contributed by atoms with E-state index in [0.717, 1.165) is 0 Å². The van der Waals surface area contributed by atoms with Crippen LogP contribution in [0.25, 0.3) is 0 Å². The Bertz CT molecular complexity index is 407. The summed E-state index contributed by atoms with van der Waals surface area (Å²) in [4.78, 5) is 11.6. The van der Waals surface area contributed by atoms with Crippen LogP contribution < -0.4 is 11.1 Å². The van der Waals surface area contributed by atoms with E-state index in [-0.39, 0.29) is 5.91 Å². The number of rotatable bonds is 21. The van der Waals surface area contributed by atoms with Gasteiger partial charge in [0.15, 0.2) is 0 Å². The van der Waals surface area contributed by atoms with Crippen LogP contribution >= 0.6 is 0 Å². The van der Waals surface area contributed by atoms with Gasteiger partial charge in [-0.25, -0.2) is 0 Å². The minimum atomic E-state index is -2.03. The van der Waals surface area contributed by atoms with E-state index in [2.05, 4.69) is 5.32 Å². The third-order valence-electron chi connectivity index (χ3n) is 3.42. The number of nitrogens with two attached hydrogens (primary N) is 1. The Hall–Kier alpha value is -0.620. The molecular weight excluding hydrogens is 388 g/mol. The number of carbonyl (C=O) groups excluding carboxylic acids is 1. The molecule has 1 amide bonds. The molecule has 170 valence electrons. The highest BCUT2D eigenvalue weighted by molar-refractivity contribution is 8.01. The highest BCUT2D eigenvalue weighted by Crippen LogP contribution is 1.99. The fourth-order valence-corrected chi connectivity index (χ4v) is 2.96. The largest absolute Gasteiger partial charge is 0.378 e. The highest BCUT2D eigenvalue weighted by Gasteiger charge is 2.04. The van der Waals surface area contributed by atoms with Gasteiger partial charge in [-0.05, 0) is 18.9 Å². The normalized spacial score (nSPS) is 12.2. The van der Waals surface area contributed by atoms with Crippen molar-refractivity contribution < 1.29 is 32.7 Å². The van der Waals surface area contributed by atoms with Crippen LogP contribution in [0, 0.1) is 0 Å². The maximum Gasteiger partial charge on any atom is 0.220 e. The number of hydrogen-bond acceptors (Lipinski definition) is 8. The van der Waals surface area contributed by atoms with E-state index in [1.165, 1.54) is 0 Å². The summed E-state index contributed by atoms with van der Waals surface area (Å²) >= 11 is 0. The molecule has 0 heterocycles. The predicted molar refractivity (Wildman–Crippen MR) is 112 cm³/mol. The molecule has 0 fully saturated rings. The molecule has 0 aromatic heterocycles. The summed E-state index contributed by atoms with van der Waals surface area (Å²) in [6.07, 6.45) is 4.54. The number of thiol groups is 1. The van der Waals surface area contributed by atoms with Crippen molar-refractivity contribution in [1.82, 2.24) is 5.32 Å². The van der Waals surface area contributed by atoms with Gasteiger partial charge in [0.1, 0.15) is 0 Å². The van der Waals surface area contributed by atoms with Gasteiger partial charge in [0.2, 0.25) is 5.91 Å². The van der Waals surface area contributed by atoms with Crippen molar-refractivity contribution in [2.75, 3.05) is 97.4 Å². The molecule has 0 aromatic rings. The molecule has 0 aliphatic rings. The number of carbonyl (C=O) groups is 1. The second-order valence-electron chi connectivity index (χ2n) is 6.60. The Kier molecular flexibility index (Phi) is 19.2. The van der Waals surface area contributed by atoms with Crippen LogP contribution in [0.3, 0.4) is 0 Å². The first-order chi connectivity index (χ1) is 13.5. The van der Waals surface area contributed by atoms with Gasteiger partial charge in [0.25, 0.3) is 0 Å². The SMILES string of the molecule is C[SH](C)(=O)CCCC(=O)NCCOCCOCCOCCOCCOCCN. The molecular formula is C18H40N2O7S. The standard InChI is InChI=1S/C18H40N2O7S/c1-28(2,22)17-3-4-18(21)20-6-8-24-10-12-26-14-16-27-15-13-25-11-9-23-7-5-19/h28H,3-17,19H2,1-2H3,(H,20,21). The molecule has 0 saturated heterocycles. The average molecular weight is 429 g/mol. The molecule has 0 radical (unpaired) electrons. The van der Waals surface area contributed by atoms with Crippen molar-refractivity contribution in [3.8, 4) is 0 Å². The van der Waals surface area contributed by atoms with Gasteiger partial charge in [0, 0.05) is 25.3 Å². The third-order valence-corrected chi connectivity index (χ3v) is 4.81. The van der Waals surface area contributed by atoms with Gasteiger partial charge in [-0.2, -0.15) is 0 Å². The summed E-state index contributed by atoms with van der Waals surface area (Å²) in [6, 6.07) is 0. The van der Waals surface area contributed by atoms with Crippen molar-refractivity contribution in [1.29, 1.82) is 0 Å². The molecule has 3 N–H and O–H groups in total. The highest BCUT2D eigenvalue weighted by atomic mass is 32.2. The fourth-order valence-electron chi connectivity index (χ4n) is 2.04. The van der Waals surface area contributed by atoms with Crippen LogP contribution in [0.1, 0.15) is 12.8 Å². The molecule has 0 aliphatic carbocycles. The van der Waals surface area contributed by atoms with Crippen LogP contribution in [0.5, 0.6) is 0 Å². The zero-order valence-electron chi connectivity index (χ0n) is 17.5. The van der Waals surface area contributed by atoms with Crippen molar-refractivity contribution in [2.24, 2.45) is 5.73 Å². The van der Waals surface area contributed by atoms with Crippen molar-refractivity contribution >= 4 is 15.8 Å². The van der Waals surface area contributed by atoms with E-state index in [4.69, 9.17) is 29.4 Å². The second-order valence-corrected chi connectivity index (χ2v) is 10.2. The predicted octanol–water partition coefficient (Wildman–Crippen LogP) is -0.799. The van der Waals surface area contributed by atoms with Crippen LogP contribution in [-0.2, 0) is 38.4 Å². The molecule has 10 heteroatoms. The number of nitrogens with one attached hydrogen (secondary N) is 1. The third kappa shape index (κ3) is 23.4. The Morgan fingerprint density at radius 3 is 1.64 bits per heavy atom. The lowest BCUT2D eigenvalue weighted by Crippen LogP contribution is -2.28. The van der Waals surface area contributed by atoms with Crippen molar-refractivity contribution in [3.63, 3.8) is 0 Å². The Balaban J connectivity index is 3.15. The maximum atomic E-state index is 11.6. The first-order valence-corrected chi connectivity index (χ1v) is 12.6. The molecule has 0 aliphatic heterocycles. The molecule has 0 bridgehead atoms. The first-order valence-electron chi connectivity index (χ1n) is 9.85. The van der Waals surface area contributed by atoms with E-state index in [0.29, 0.717) is 97.8 Å². The Morgan fingerprint density at radius 1 is 0.786 bits per heavy atom. The minimum Gasteiger partial charge on any atom is -0.378 e. The van der Waals surface area contributed by atoms with Gasteiger partial charge < -0.3 is 34.7 Å². The molecule has 28 heavy (non-hydrogen) atoms. The average Bonchev–Trinajstić information content (AvgIpc) is 2.63. The fraction of sp³-hybridized carbons (Fsp3) is 0.944. The monoisotopic (exact) mass is 428 g/mol. The molecule has 0 saturated carbocycles. The molecule has 9 nitrogen and oxygen atoms in total. The summed E-state index contributed by atoms with van der Waals surface area (Å²) in [5, 5.41) is 2.78. The lowest BCUT2D eigenvalue weighted by Gasteiger charge is -2.11. The zero-order valence-corrected chi connectivity index (χ0v) is 18.4. The summed E-state index contributed by atoms with van der Waals surface area (Å²) in [6.45, 7) is 6.07. The van der Waals surface area contributed by atoms with E-state index in [1.807, 2.05) is 0 Å². The van der Waals surface area contributed by atoms with Crippen LogP contribution in [-0.4, -0.2) is 108 Å². The number of hydrogen-bond donors (Lipinski definition) is 3. The molecule has 0 rings (SSSR count). The van der Waals surface area contributed by atoms with Crippen molar-refractivity contribution in [3.05, 3.63) is 0 Å². The van der Waals surface area contributed by atoms with Crippen LogP contribution in [0.15, 0.2) is 0 Å². The smallest absolute Gasteiger partial charge is 0.220 e. The van der Waals surface area contributed by atoms with Gasteiger partial charge in [-0.1, -0.05) is 0 Å². The van der Waals surface area contributed by atoms with Crippen LogP contribution in [0.4, 0.5) is 0 Å². The lowest BCUT2D eigenvalue weighted by molar-refractivity contribution is -0.121. The number of ether oxygens (including phenoxy) is 5. The Morgan fingerprint density at radius 2 is 1.21 bits per heavy atom. The molecule has 0 aromatic carbocycles. The lowest BCUT2D eigenvalue weighted by atomic mass is 10.3. The van der Waals surface area contributed by atoms with E-state index < -0.39 is 9.93 Å². The molecule has 0 spiro atoms. The summed E-state index contributed by atoms with van der Waals surface area (Å²) < 4.78 is 38.2. The van der Waals surface area contributed by atoms with Gasteiger partial charge in [-0.15, -0.1) is 9.93 Å². The maximum absolute atomic E-state index is 11.6. The second kappa shape index (κ2) is 19.7. The zero-order chi connectivity index (χ0) is 20.9. The Labute approximate surface area is 170 Å². The molecule has 0 unspecified atom stereocenters. The van der Waals surface area contributed by atoms with Crippen molar-refractivity contribution in [2.45, 2.75) is 12.8 Å². The molecule has 0 atom stereocenters. The summed E-state index contributed by atoms with van der Waals surface area (Å²) in [5.41, 5.74) is 5.30. The first kappa shape index (κ1) is 27.4. The summed E-state index contributed by atoms with van der Waals surface area (Å²) in [7, 11) is -2.03. The van der Waals surface area contributed by atoms with E-state index >= 15 is 0 Å². The van der Waals surface area contributed by atoms with Gasteiger partial charge >= 0.3 is 0 Å². The van der Waals surface area contributed by atoms with Crippen LogP contribution in [0.2, 0.25) is 0 Å². The van der Waals surface area contributed by atoms with E-state index in [9.17, 15) is 9.00 Å². The number of amides is 1.